The first-order valence-electron chi connectivity index (χ1n) is 8.83. The lowest BCUT2D eigenvalue weighted by Crippen LogP contribution is -2.44. The summed E-state index contributed by atoms with van der Waals surface area (Å²) in [5, 5.41) is 4.56. The Morgan fingerprint density at radius 3 is 2.92 bits per heavy atom. The Kier molecular flexibility index (Phi) is 3.76. The Morgan fingerprint density at radius 1 is 1.36 bits per heavy atom. The molecule has 2 aromatic rings. The van der Waals surface area contributed by atoms with Crippen LogP contribution in [0.4, 0.5) is 9.18 Å². The summed E-state index contributed by atoms with van der Waals surface area (Å²) in [4.78, 5) is 17.7. The van der Waals surface area contributed by atoms with E-state index in [0.29, 0.717) is 6.54 Å². The molecule has 25 heavy (non-hydrogen) atoms. The number of hydrogen-bond acceptors (Lipinski definition) is 3. The van der Waals surface area contributed by atoms with E-state index in [9.17, 15) is 9.18 Å². The van der Waals surface area contributed by atoms with Gasteiger partial charge in [-0.1, -0.05) is 0 Å². The molecule has 2 aliphatic heterocycles. The highest BCUT2D eigenvalue weighted by Crippen LogP contribution is 2.39. The number of hydrogen-bond donors (Lipinski definition) is 2. The molecule has 3 heterocycles. The normalized spacial score (nSPS) is 26.2. The van der Waals surface area contributed by atoms with Crippen molar-refractivity contribution in [2.45, 2.75) is 50.8 Å². The maximum absolute atomic E-state index is 13.5. The molecule has 0 unspecified atom stereocenters. The topological polar surface area (TPSA) is 57.4 Å². The molecule has 3 atom stereocenters. The van der Waals surface area contributed by atoms with Crippen molar-refractivity contribution in [3.63, 3.8) is 0 Å². The van der Waals surface area contributed by atoms with Gasteiger partial charge < -0.3 is 19.9 Å². The summed E-state index contributed by atoms with van der Waals surface area (Å²) in [6.45, 7) is 7.16. The lowest BCUT2D eigenvalue weighted by molar-refractivity contribution is 0.0215. The first-order chi connectivity index (χ1) is 11.8. The Bertz CT molecular complexity index is 811. The summed E-state index contributed by atoms with van der Waals surface area (Å²) in [7, 11) is 0. The van der Waals surface area contributed by atoms with Crippen LogP contribution in [0.3, 0.4) is 0 Å². The zero-order chi connectivity index (χ0) is 17.8. The van der Waals surface area contributed by atoms with Gasteiger partial charge in [0.1, 0.15) is 11.4 Å². The highest BCUT2D eigenvalue weighted by Gasteiger charge is 2.48. The Labute approximate surface area is 146 Å². The van der Waals surface area contributed by atoms with Crippen molar-refractivity contribution in [2.75, 3.05) is 13.1 Å². The number of benzene rings is 1. The summed E-state index contributed by atoms with van der Waals surface area (Å²) in [6.07, 6.45) is 2.63. The largest absolute Gasteiger partial charge is 0.444 e. The third-order valence-electron chi connectivity index (χ3n) is 5.17. The predicted molar refractivity (Wildman–Crippen MR) is 94.1 cm³/mol. The van der Waals surface area contributed by atoms with Gasteiger partial charge in [-0.15, -0.1) is 0 Å². The molecule has 2 saturated heterocycles. The lowest BCUT2D eigenvalue weighted by Gasteiger charge is -2.31. The van der Waals surface area contributed by atoms with Crippen molar-refractivity contribution in [3.8, 4) is 0 Å². The van der Waals surface area contributed by atoms with E-state index in [1.165, 1.54) is 12.1 Å². The summed E-state index contributed by atoms with van der Waals surface area (Å²) in [5.41, 5.74) is 1.42. The Hall–Kier alpha value is -2.08. The van der Waals surface area contributed by atoms with Crippen molar-refractivity contribution in [1.82, 2.24) is 15.2 Å². The molecule has 0 spiro atoms. The third kappa shape index (κ3) is 2.88. The van der Waals surface area contributed by atoms with Gasteiger partial charge in [0, 0.05) is 42.1 Å². The quantitative estimate of drug-likeness (QED) is 0.833. The lowest BCUT2D eigenvalue weighted by atomic mass is 9.91. The van der Waals surface area contributed by atoms with E-state index in [1.54, 1.807) is 0 Å². The first-order valence-corrected chi connectivity index (χ1v) is 8.83. The van der Waals surface area contributed by atoms with Crippen LogP contribution in [0.25, 0.3) is 10.9 Å². The molecular weight excluding hydrogens is 321 g/mol. The van der Waals surface area contributed by atoms with Crippen LogP contribution in [0.5, 0.6) is 0 Å². The van der Waals surface area contributed by atoms with Crippen molar-refractivity contribution >= 4 is 17.0 Å². The number of amides is 1. The van der Waals surface area contributed by atoms with E-state index < -0.39 is 5.60 Å². The second kappa shape index (κ2) is 5.73. The van der Waals surface area contributed by atoms with Crippen LogP contribution in [0.2, 0.25) is 0 Å². The van der Waals surface area contributed by atoms with E-state index in [0.717, 1.165) is 29.4 Å². The molecule has 4 rings (SSSR count). The number of carbonyl (C=O) groups is 1. The van der Waals surface area contributed by atoms with E-state index in [2.05, 4.69) is 10.3 Å². The molecule has 134 valence electrons. The minimum atomic E-state index is -0.505. The van der Waals surface area contributed by atoms with Crippen molar-refractivity contribution in [3.05, 3.63) is 35.8 Å². The number of H-pyrrole nitrogens is 1. The summed E-state index contributed by atoms with van der Waals surface area (Å²) in [6, 6.07) is 5.16. The van der Waals surface area contributed by atoms with Crippen LogP contribution in [0, 0.1) is 5.82 Å². The molecule has 6 heteroatoms. The number of ether oxygens (including phenoxy) is 1. The Morgan fingerprint density at radius 2 is 2.16 bits per heavy atom. The molecule has 0 aliphatic carbocycles. The van der Waals surface area contributed by atoms with Gasteiger partial charge in [-0.3, -0.25) is 0 Å². The molecule has 2 aliphatic rings. The van der Waals surface area contributed by atoms with Gasteiger partial charge in [0.15, 0.2) is 0 Å². The average Bonchev–Trinajstić information content (AvgIpc) is 3.18. The summed E-state index contributed by atoms with van der Waals surface area (Å²) < 4.78 is 19.1. The fourth-order valence-electron chi connectivity index (χ4n) is 4.19. The number of halogens is 1. The number of aromatic amines is 1. The van der Waals surface area contributed by atoms with E-state index in [4.69, 9.17) is 4.74 Å². The van der Waals surface area contributed by atoms with Gasteiger partial charge in [-0.2, -0.15) is 0 Å². The van der Waals surface area contributed by atoms with Crippen molar-refractivity contribution < 1.29 is 13.9 Å². The maximum atomic E-state index is 13.5. The van der Waals surface area contributed by atoms with Crippen LogP contribution in [-0.2, 0) is 4.74 Å². The summed E-state index contributed by atoms with van der Waals surface area (Å²) >= 11 is 0. The van der Waals surface area contributed by atoms with Crippen molar-refractivity contribution in [2.24, 2.45) is 0 Å². The van der Waals surface area contributed by atoms with Crippen LogP contribution < -0.4 is 5.32 Å². The van der Waals surface area contributed by atoms with Gasteiger partial charge in [-0.25, -0.2) is 9.18 Å². The molecule has 2 fully saturated rings. The van der Waals surface area contributed by atoms with Crippen LogP contribution in [0.1, 0.15) is 38.7 Å². The minimum Gasteiger partial charge on any atom is -0.444 e. The fraction of sp³-hybridized carbons (Fsp3) is 0.526. The highest BCUT2D eigenvalue weighted by molar-refractivity contribution is 5.84. The number of rotatable bonds is 1. The average molecular weight is 345 g/mol. The molecule has 1 aromatic carbocycles. The second-order valence-electron chi connectivity index (χ2n) is 8.01. The fourth-order valence-corrected chi connectivity index (χ4v) is 4.19. The molecule has 0 bridgehead atoms. The van der Waals surface area contributed by atoms with Gasteiger partial charge in [0.05, 0.1) is 6.04 Å². The zero-order valence-corrected chi connectivity index (χ0v) is 14.8. The number of fused-ring (bicyclic) bond motifs is 2. The molecule has 1 aromatic heterocycles. The monoisotopic (exact) mass is 345 g/mol. The van der Waals surface area contributed by atoms with E-state index >= 15 is 0 Å². The number of carbonyl (C=O) groups excluding carboxylic acids is 1. The molecule has 5 nitrogen and oxygen atoms in total. The Balaban J connectivity index is 1.65. The number of likely N-dealkylation sites (tertiary alicyclic amines) is 1. The van der Waals surface area contributed by atoms with E-state index in [1.807, 2.05) is 37.9 Å². The second-order valence-corrected chi connectivity index (χ2v) is 8.01. The maximum Gasteiger partial charge on any atom is 0.410 e. The SMILES string of the molecule is CC(C)(C)OC(=O)N1CC[C@H]2NC[C@H](c3c[nH]c4cc(F)ccc34)[C@H]21. The highest BCUT2D eigenvalue weighted by atomic mass is 19.1. The molecular formula is C19H24FN3O2. The first kappa shape index (κ1) is 16.4. The minimum absolute atomic E-state index is 0.0684. The molecule has 2 N–H and O–H groups in total. The molecule has 0 radical (unpaired) electrons. The third-order valence-corrected chi connectivity index (χ3v) is 5.17. The van der Waals surface area contributed by atoms with Crippen LogP contribution in [-0.4, -0.2) is 46.8 Å². The predicted octanol–water partition coefficient (Wildman–Crippen LogP) is 3.37. The van der Waals surface area contributed by atoms with Gasteiger partial charge >= 0.3 is 6.09 Å². The number of nitrogens with zero attached hydrogens (tertiary/aromatic N) is 1. The smallest absolute Gasteiger partial charge is 0.410 e. The number of aromatic nitrogens is 1. The summed E-state index contributed by atoms with van der Waals surface area (Å²) in [5.74, 6) is -0.0844. The number of nitrogens with one attached hydrogen (secondary N) is 2. The molecule has 0 saturated carbocycles. The van der Waals surface area contributed by atoms with Gasteiger partial charge in [0.2, 0.25) is 0 Å². The van der Waals surface area contributed by atoms with Crippen molar-refractivity contribution in [1.29, 1.82) is 0 Å². The zero-order valence-electron chi connectivity index (χ0n) is 14.8. The van der Waals surface area contributed by atoms with E-state index in [-0.39, 0.29) is 29.9 Å². The molecule has 1 amide bonds. The van der Waals surface area contributed by atoms with Crippen LogP contribution in [0.15, 0.2) is 24.4 Å². The standard InChI is InChI=1S/C19H24FN3O2/c1-19(2,3)25-18(24)23-7-6-15-17(23)14(10-21-15)13-9-22-16-8-11(20)4-5-12(13)16/h4-5,8-9,14-15,17,21-22H,6-7,10H2,1-3H3/t14-,15-,17-/m1/s1. The van der Waals surface area contributed by atoms with Gasteiger partial charge in [0.25, 0.3) is 0 Å². The van der Waals surface area contributed by atoms with Crippen LogP contribution >= 0.6 is 0 Å². The van der Waals surface area contributed by atoms with Gasteiger partial charge in [-0.05, 0) is 51.0 Å².